The van der Waals surface area contributed by atoms with E-state index in [1.807, 2.05) is 12.1 Å². The molecule has 76 valence electrons. The highest BCUT2D eigenvalue weighted by Gasteiger charge is 2.26. The quantitative estimate of drug-likeness (QED) is 0.531. The van der Waals surface area contributed by atoms with Gasteiger partial charge in [0.1, 0.15) is 5.54 Å². The van der Waals surface area contributed by atoms with Crippen molar-refractivity contribution < 1.29 is 5.48 Å². The Morgan fingerprint density at radius 2 is 1.79 bits per heavy atom. The normalized spacial score (nSPS) is 13.2. The molecule has 0 aliphatic carbocycles. The number of hydrogen-bond donors (Lipinski definition) is 1. The number of quaternary nitrogens is 1. The van der Waals surface area contributed by atoms with Crippen LogP contribution in [-0.2, 0) is 0 Å². The van der Waals surface area contributed by atoms with E-state index in [-0.39, 0.29) is 0 Å². The number of allylic oxidation sites excluding steroid dienone is 1. The van der Waals surface area contributed by atoms with Crippen molar-refractivity contribution in [2.24, 2.45) is 5.41 Å². The second kappa shape index (κ2) is 4.23. The molecule has 2 N–H and O–H groups in total. The van der Waals surface area contributed by atoms with Crippen molar-refractivity contribution in [2.75, 3.05) is 0 Å². The number of nitriles is 2. The molecule has 0 aromatic heterocycles. The van der Waals surface area contributed by atoms with E-state index in [9.17, 15) is 5.21 Å². The number of nitrogens with zero attached hydrogens (tertiary/aromatic N) is 2. The maximum atomic E-state index is 10.7. The molecule has 0 aromatic rings. The van der Waals surface area contributed by atoms with E-state index in [0.717, 1.165) is 5.48 Å². The van der Waals surface area contributed by atoms with Crippen molar-refractivity contribution >= 4 is 0 Å². The van der Waals surface area contributed by atoms with E-state index >= 15 is 0 Å². The third kappa shape index (κ3) is 3.18. The van der Waals surface area contributed by atoms with Crippen LogP contribution in [0.1, 0.15) is 27.7 Å². The summed E-state index contributed by atoms with van der Waals surface area (Å²) < 4.78 is 0. The van der Waals surface area contributed by atoms with Crippen molar-refractivity contribution in [3.8, 4) is 12.1 Å². The van der Waals surface area contributed by atoms with Crippen molar-refractivity contribution in [1.29, 1.82) is 10.5 Å². The van der Waals surface area contributed by atoms with Crippen LogP contribution in [0.5, 0.6) is 0 Å². The lowest BCUT2D eigenvalue weighted by Crippen LogP contribution is -2.89. The van der Waals surface area contributed by atoms with Crippen LogP contribution in [0.15, 0.2) is 11.6 Å². The summed E-state index contributed by atoms with van der Waals surface area (Å²) in [5.41, 5.74) is -0.441. The highest BCUT2D eigenvalue weighted by atomic mass is 16.5. The van der Waals surface area contributed by atoms with Crippen LogP contribution in [0, 0.1) is 33.3 Å². The van der Waals surface area contributed by atoms with E-state index in [2.05, 4.69) is 0 Å². The number of hydroxylamine groups is 1. The predicted octanol–water partition coefficient (Wildman–Crippen LogP) is 0.826. The summed E-state index contributed by atoms with van der Waals surface area (Å²) >= 11 is 0. The zero-order valence-electron chi connectivity index (χ0n) is 8.96. The van der Waals surface area contributed by atoms with Crippen molar-refractivity contribution in [1.82, 2.24) is 0 Å². The average molecular weight is 193 g/mol. The molecule has 0 radical (unpaired) electrons. The third-order valence-electron chi connectivity index (χ3n) is 1.89. The first-order valence-corrected chi connectivity index (χ1v) is 4.30. The van der Waals surface area contributed by atoms with Crippen LogP contribution in [0.25, 0.3) is 0 Å². The summed E-state index contributed by atoms with van der Waals surface area (Å²) in [5, 5.41) is 28.4. The Hall–Kier alpha value is -1.36. The molecule has 0 bridgehead atoms. The highest BCUT2D eigenvalue weighted by molar-refractivity contribution is 5.34. The molecule has 0 aliphatic rings. The van der Waals surface area contributed by atoms with Crippen LogP contribution in [0.2, 0.25) is 0 Å². The topological polar surface area (TPSA) is 87.2 Å². The molecule has 0 aromatic carbocycles. The minimum absolute atomic E-state index is 0.331. The minimum atomic E-state index is -0.838. The molecular weight excluding hydrogens is 178 g/mol. The molecular formula is C10H15N3O. The zero-order chi connectivity index (χ0) is 11.4. The van der Waals surface area contributed by atoms with Gasteiger partial charge < -0.3 is 10.7 Å². The molecule has 0 saturated heterocycles. The first-order chi connectivity index (χ1) is 6.29. The van der Waals surface area contributed by atoms with E-state index in [0.29, 0.717) is 5.57 Å². The molecule has 4 heteroatoms. The summed E-state index contributed by atoms with van der Waals surface area (Å²) in [4.78, 5) is 0. The number of nitrogens with two attached hydrogens (primary N) is 1. The van der Waals surface area contributed by atoms with Gasteiger partial charge in [-0.3, -0.25) is 0 Å². The van der Waals surface area contributed by atoms with Crippen LogP contribution < -0.4 is 5.48 Å². The molecule has 0 amide bonds. The van der Waals surface area contributed by atoms with Crippen LogP contribution >= 0.6 is 0 Å². The Kier molecular flexibility index (Phi) is 3.82. The maximum Gasteiger partial charge on any atom is 0.110 e. The van der Waals surface area contributed by atoms with Gasteiger partial charge in [0.2, 0.25) is 0 Å². The number of hydrogen-bond acceptors (Lipinski definition) is 3. The third-order valence-corrected chi connectivity index (χ3v) is 1.89. The standard InChI is InChI=1S/C10H15N3O/c1-9(2,7-12)8(6-11)5-10(3,4)13-14/h5H,13H2,1-4H3. The van der Waals surface area contributed by atoms with Gasteiger partial charge in [0.25, 0.3) is 0 Å². The molecule has 0 spiro atoms. The van der Waals surface area contributed by atoms with Crippen molar-refractivity contribution in [3.05, 3.63) is 16.9 Å². The zero-order valence-corrected chi connectivity index (χ0v) is 8.96. The van der Waals surface area contributed by atoms with Gasteiger partial charge in [-0.15, -0.1) is 0 Å². The second-order valence-electron chi connectivity index (χ2n) is 4.35. The van der Waals surface area contributed by atoms with E-state index in [1.165, 1.54) is 0 Å². The summed E-state index contributed by atoms with van der Waals surface area (Å²) in [6, 6.07) is 4.00. The monoisotopic (exact) mass is 193 g/mol. The fraction of sp³-hybridized carbons (Fsp3) is 0.600. The van der Waals surface area contributed by atoms with Gasteiger partial charge in [0.05, 0.1) is 23.1 Å². The van der Waals surface area contributed by atoms with Gasteiger partial charge in [0.15, 0.2) is 0 Å². The average Bonchev–Trinajstić information content (AvgIpc) is 2.14. The van der Waals surface area contributed by atoms with Gasteiger partial charge in [-0.1, -0.05) is 0 Å². The highest BCUT2D eigenvalue weighted by Crippen LogP contribution is 2.25. The van der Waals surface area contributed by atoms with Gasteiger partial charge >= 0.3 is 0 Å². The molecule has 0 saturated carbocycles. The SMILES string of the molecule is CC(C)(C=C(C#N)C(C)(C)C#N)[NH2+][O-]. The number of rotatable bonds is 3. The van der Waals surface area contributed by atoms with E-state index in [1.54, 1.807) is 33.8 Å². The van der Waals surface area contributed by atoms with Gasteiger partial charge in [-0.05, 0) is 33.8 Å². The largest absolute Gasteiger partial charge is 0.635 e. The summed E-state index contributed by atoms with van der Waals surface area (Å²) in [6.07, 6.45) is 1.54. The van der Waals surface area contributed by atoms with Crippen molar-refractivity contribution in [2.45, 2.75) is 33.2 Å². The Balaban J connectivity index is 5.15. The van der Waals surface area contributed by atoms with E-state index < -0.39 is 11.0 Å². The second-order valence-corrected chi connectivity index (χ2v) is 4.35. The van der Waals surface area contributed by atoms with E-state index in [4.69, 9.17) is 10.5 Å². The smallest absolute Gasteiger partial charge is 0.110 e. The fourth-order valence-electron chi connectivity index (χ4n) is 0.819. The van der Waals surface area contributed by atoms with Gasteiger partial charge in [0, 0.05) is 0 Å². The van der Waals surface area contributed by atoms with Gasteiger partial charge in [-0.2, -0.15) is 10.5 Å². The molecule has 4 nitrogen and oxygen atoms in total. The van der Waals surface area contributed by atoms with Crippen LogP contribution in [0.4, 0.5) is 0 Å². The molecule has 0 rings (SSSR count). The Morgan fingerprint density at radius 3 is 2.07 bits per heavy atom. The molecule has 0 aliphatic heterocycles. The summed E-state index contributed by atoms with van der Waals surface area (Å²) in [7, 11) is 0. The Labute approximate surface area is 84.4 Å². The Bertz CT molecular complexity index is 315. The minimum Gasteiger partial charge on any atom is -0.635 e. The lowest BCUT2D eigenvalue weighted by atomic mass is 9.84. The van der Waals surface area contributed by atoms with Gasteiger partial charge in [-0.25, -0.2) is 0 Å². The molecule has 14 heavy (non-hydrogen) atoms. The predicted molar refractivity (Wildman–Crippen MR) is 52.5 cm³/mol. The fourth-order valence-corrected chi connectivity index (χ4v) is 0.819. The summed E-state index contributed by atoms with van der Waals surface area (Å²) in [6.45, 7) is 6.71. The first kappa shape index (κ1) is 12.6. The Morgan fingerprint density at radius 1 is 1.29 bits per heavy atom. The maximum absolute atomic E-state index is 10.7. The molecule has 0 atom stereocenters. The lowest BCUT2D eigenvalue weighted by Gasteiger charge is -2.23. The molecule has 0 heterocycles. The molecule has 0 fully saturated rings. The van der Waals surface area contributed by atoms with Crippen LogP contribution in [0.3, 0.4) is 0 Å². The molecule has 0 unspecified atom stereocenters. The summed E-state index contributed by atoms with van der Waals surface area (Å²) in [5.74, 6) is 0. The van der Waals surface area contributed by atoms with Crippen molar-refractivity contribution in [3.63, 3.8) is 0 Å². The van der Waals surface area contributed by atoms with Crippen LogP contribution in [-0.4, -0.2) is 5.54 Å². The first-order valence-electron chi connectivity index (χ1n) is 4.30. The lowest BCUT2D eigenvalue weighted by molar-refractivity contribution is -0.649.